The summed E-state index contributed by atoms with van der Waals surface area (Å²) >= 11 is 0. The largest absolute Gasteiger partial charge is 0.394 e. The lowest BCUT2D eigenvalue weighted by Gasteiger charge is -2.19. The monoisotopic (exact) mass is 712 g/mol. The van der Waals surface area contributed by atoms with Crippen LogP contribution >= 0.6 is 0 Å². The van der Waals surface area contributed by atoms with Crippen molar-refractivity contribution < 1.29 is 15.0 Å². The van der Waals surface area contributed by atoms with Gasteiger partial charge in [0.15, 0.2) is 0 Å². The summed E-state index contributed by atoms with van der Waals surface area (Å²) in [6.07, 6.45) is 59.7. The third kappa shape index (κ3) is 39.1. The molecule has 0 aromatic rings. The SMILES string of the molecule is CC/C=C\C/C=C\C/C=C\C/C=C\CCCCCCCCCCCCCCCCCCCCCCCCC(=O)NC(CO)C(O)/C=C/CCCC. The molecule has 1 amide bonds. The molecular formula is C47H85NO3. The van der Waals surface area contributed by atoms with Crippen molar-refractivity contribution in [2.75, 3.05) is 6.61 Å². The summed E-state index contributed by atoms with van der Waals surface area (Å²) in [6, 6.07) is -0.616. The van der Waals surface area contributed by atoms with Crippen molar-refractivity contribution in [1.82, 2.24) is 5.32 Å². The van der Waals surface area contributed by atoms with E-state index in [1.807, 2.05) is 6.08 Å². The van der Waals surface area contributed by atoms with E-state index in [2.05, 4.69) is 67.8 Å². The van der Waals surface area contributed by atoms with E-state index >= 15 is 0 Å². The van der Waals surface area contributed by atoms with Gasteiger partial charge in [0.1, 0.15) is 0 Å². The second kappa shape index (κ2) is 42.5. The molecule has 0 aliphatic carbocycles. The predicted molar refractivity (Wildman–Crippen MR) is 225 cm³/mol. The van der Waals surface area contributed by atoms with Crippen LogP contribution in [-0.2, 0) is 4.79 Å². The molecule has 2 unspecified atom stereocenters. The van der Waals surface area contributed by atoms with Crippen LogP contribution < -0.4 is 5.32 Å². The number of rotatable bonds is 39. The highest BCUT2D eigenvalue weighted by molar-refractivity contribution is 5.76. The summed E-state index contributed by atoms with van der Waals surface area (Å²) < 4.78 is 0. The zero-order valence-electron chi connectivity index (χ0n) is 33.9. The fourth-order valence-electron chi connectivity index (χ4n) is 6.39. The van der Waals surface area contributed by atoms with Gasteiger partial charge < -0.3 is 15.5 Å². The standard InChI is InChI=1S/C47H85NO3/c1-3-5-7-9-10-11-12-13-14-15-16-17-18-19-20-21-22-23-24-25-26-27-28-29-30-31-32-33-34-35-36-37-38-39-41-43-47(51)48-45(44-49)46(50)42-40-8-6-4-2/h5,7,10-11,13-14,16-17,40,42,45-46,49-50H,3-4,6,8-9,12,15,18-39,41,43-44H2,1-2H3,(H,48,51)/b7-5-,11-10-,14-13-,17-16-,42-40+. The Hall–Kier alpha value is -1.91. The Morgan fingerprint density at radius 1 is 0.490 bits per heavy atom. The molecule has 0 aromatic carbocycles. The number of aliphatic hydroxyl groups excluding tert-OH is 2. The number of carbonyl (C=O) groups excluding carboxylic acids is 1. The van der Waals surface area contributed by atoms with Crippen molar-refractivity contribution in [1.29, 1.82) is 0 Å². The second-order valence-electron chi connectivity index (χ2n) is 14.7. The number of carbonyl (C=O) groups is 1. The first-order chi connectivity index (χ1) is 25.2. The van der Waals surface area contributed by atoms with Crippen molar-refractivity contribution in [2.45, 2.75) is 225 Å². The summed E-state index contributed by atoms with van der Waals surface area (Å²) in [5.41, 5.74) is 0. The van der Waals surface area contributed by atoms with Crippen LogP contribution in [0.15, 0.2) is 60.8 Å². The van der Waals surface area contributed by atoms with Crippen LogP contribution in [0.25, 0.3) is 0 Å². The van der Waals surface area contributed by atoms with Gasteiger partial charge >= 0.3 is 0 Å². The van der Waals surface area contributed by atoms with Crippen LogP contribution in [0.4, 0.5) is 0 Å². The summed E-state index contributed by atoms with van der Waals surface area (Å²) in [4.78, 5) is 12.2. The Bertz CT molecular complexity index is 858. The molecule has 0 saturated heterocycles. The first-order valence-corrected chi connectivity index (χ1v) is 22.0. The Labute approximate surface area is 317 Å². The van der Waals surface area contributed by atoms with Crippen molar-refractivity contribution in [3.05, 3.63) is 60.8 Å². The smallest absolute Gasteiger partial charge is 0.220 e. The quantitative estimate of drug-likeness (QED) is 0.0439. The molecule has 0 aliphatic rings. The number of allylic oxidation sites excluding steroid dienone is 9. The van der Waals surface area contributed by atoms with Crippen molar-refractivity contribution >= 4 is 5.91 Å². The minimum absolute atomic E-state index is 0.0727. The van der Waals surface area contributed by atoms with Gasteiger partial charge in [-0.05, 0) is 51.4 Å². The molecule has 0 aliphatic heterocycles. The molecule has 0 bridgehead atoms. The van der Waals surface area contributed by atoms with E-state index < -0.39 is 12.1 Å². The summed E-state index contributed by atoms with van der Waals surface area (Å²) in [6.45, 7) is 4.06. The number of amides is 1. The van der Waals surface area contributed by atoms with E-state index in [-0.39, 0.29) is 12.5 Å². The number of aliphatic hydroxyl groups is 2. The topological polar surface area (TPSA) is 69.6 Å². The van der Waals surface area contributed by atoms with Gasteiger partial charge in [0, 0.05) is 6.42 Å². The maximum atomic E-state index is 12.2. The molecule has 0 spiro atoms. The van der Waals surface area contributed by atoms with E-state index in [1.54, 1.807) is 6.08 Å². The molecule has 3 N–H and O–H groups in total. The highest BCUT2D eigenvalue weighted by Crippen LogP contribution is 2.16. The van der Waals surface area contributed by atoms with Gasteiger partial charge in [-0.2, -0.15) is 0 Å². The number of hydrogen-bond donors (Lipinski definition) is 3. The van der Waals surface area contributed by atoms with Gasteiger partial charge in [0.05, 0.1) is 18.8 Å². The lowest BCUT2D eigenvalue weighted by atomic mass is 10.0. The molecule has 0 aromatic heterocycles. The van der Waals surface area contributed by atoms with Crippen molar-refractivity contribution in [2.24, 2.45) is 0 Å². The molecule has 0 heterocycles. The summed E-state index contributed by atoms with van der Waals surface area (Å²) in [5.74, 6) is -0.0727. The molecule has 0 radical (unpaired) electrons. The number of unbranched alkanes of at least 4 members (excludes halogenated alkanes) is 24. The highest BCUT2D eigenvalue weighted by atomic mass is 16.3. The molecule has 51 heavy (non-hydrogen) atoms. The predicted octanol–water partition coefficient (Wildman–Crippen LogP) is 13.7. The third-order valence-electron chi connectivity index (χ3n) is 9.76. The first-order valence-electron chi connectivity index (χ1n) is 22.0. The summed E-state index contributed by atoms with van der Waals surface area (Å²) in [7, 11) is 0. The number of nitrogens with one attached hydrogen (secondary N) is 1. The molecule has 2 atom stereocenters. The average molecular weight is 712 g/mol. The number of hydrogen-bond acceptors (Lipinski definition) is 3. The van der Waals surface area contributed by atoms with Crippen LogP contribution in [0.3, 0.4) is 0 Å². The Morgan fingerprint density at radius 3 is 1.27 bits per heavy atom. The molecule has 0 saturated carbocycles. The van der Waals surface area contributed by atoms with Gasteiger partial charge in [0.25, 0.3) is 0 Å². The van der Waals surface area contributed by atoms with Crippen LogP contribution in [0, 0.1) is 0 Å². The fraction of sp³-hybridized carbons (Fsp3) is 0.766. The van der Waals surface area contributed by atoms with Crippen LogP contribution in [0.1, 0.15) is 213 Å². The maximum absolute atomic E-state index is 12.2. The minimum atomic E-state index is -0.833. The fourth-order valence-corrected chi connectivity index (χ4v) is 6.39. The normalized spacial score (nSPS) is 13.6. The lowest BCUT2D eigenvalue weighted by Crippen LogP contribution is -2.45. The minimum Gasteiger partial charge on any atom is -0.394 e. The van der Waals surface area contributed by atoms with Crippen LogP contribution in [0.2, 0.25) is 0 Å². The molecule has 296 valence electrons. The van der Waals surface area contributed by atoms with Crippen LogP contribution in [-0.4, -0.2) is 34.9 Å². The van der Waals surface area contributed by atoms with Gasteiger partial charge in [-0.25, -0.2) is 0 Å². The summed E-state index contributed by atoms with van der Waals surface area (Å²) in [5, 5.41) is 22.5. The Kier molecular flexibility index (Phi) is 40.9. The third-order valence-corrected chi connectivity index (χ3v) is 9.76. The zero-order chi connectivity index (χ0) is 37.1. The second-order valence-corrected chi connectivity index (χ2v) is 14.7. The first kappa shape index (κ1) is 49.1. The van der Waals surface area contributed by atoms with Gasteiger partial charge in [-0.1, -0.05) is 216 Å². The lowest BCUT2D eigenvalue weighted by molar-refractivity contribution is -0.123. The van der Waals surface area contributed by atoms with E-state index in [4.69, 9.17) is 0 Å². The van der Waals surface area contributed by atoms with E-state index in [1.165, 1.54) is 135 Å². The Morgan fingerprint density at radius 2 is 0.863 bits per heavy atom. The average Bonchev–Trinajstić information content (AvgIpc) is 3.13. The molecule has 4 heteroatoms. The maximum Gasteiger partial charge on any atom is 0.220 e. The van der Waals surface area contributed by atoms with Gasteiger partial charge in [0.2, 0.25) is 5.91 Å². The van der Waals surface area contributed by atoms with Gasteiger partial charge in [-0.15, -0.1) is 0 Å². The molecule has 0 rings (SSSR count). The highest BCUT2D eigenvalue weighted by Gasteiger charge is 2.17. The van der Waals surface area contributed by atoms with E-state index in [0.29, 0.717) is 6.42 Å². The molecular weight excluding hydrogens is 627 g/mol. The van der Waals surface area contributed by atoms with Crippen molar-refractivity contribution in [3.63, 3.8) is 0 Å². The van der Waals surface area contributed by atoms with Crippen molar-refractivity contribution in [3.8, 4) is 0 Å². The van der Waals surface area contributed by atoms with E-state index in [9.17, 15) is 15.0 Å². The van der Waals surface area contributed by atoms with Crippen LogP contribution in [0.5, 0.6) is 0 Å². The van der Waals surface area contributed by atoms with E-state index in [0.717, 1.165) is 57.8 Å². The molecule has 0 fully saturated rings. The molecule has 4 nitrogen and oxygen atoms in total. The van der Waals surface area contributed by atoms with Gasteiger partial charge in [-0.3, -0.25) is 4.79 Å². The zero-order valence-corrected chi connectivity index (χ0v) is 33.9. The Balaban J connectivity index is 3.34.